The first kappa shape index (κ1) is 15.6. The van der Waals surface area contributed by atoms with Crippen molar-refractivity contribution in [3.05, 3.63) is 57.0 Å². The van der Waals surface area contributed by atoms with E-state index in [1.807, 2.05) is 17.0 Å². The second kappa shape index (κ2) is 6.42. The number of hydrogen-bond donors (Lipinski definition) is 0. The van der Waals surface area contributed by atoms with Crippen molar-refractivity contribution in [1.82, 2.24) is 9.78 Å². The fourth-order valence-electron chi connectivity index (χ4n) is 2.68. The summed E-state index contributed by atoms with van der Waals surface area (Å²) in [6.07, 6.45) is 2.42. The largest absolute Gasteiger partial charge is 0.468 e. The van der Waals surface area contributed by atoms with Gasteiger partial charge in [0.25, 0.3) is 5.56 Å². The zero-order chi connectivity index (χ0) is 16.4. The summed E-state index contributed by atoms with van der Waals surface area (Å²) >= 11 is 6.22. The Morgan fingerprint density at radius 1 is 1.35 bits per heavy atom. The monoisotopic (exact) mass is 333 g/mol. The van der Waals surface area contributed by atoms with Crippen molar-refractivity contribution in [3.8, 4) is 0 Å². The fourth-order valence-corrected chi connectivity index (χ4v) is 2.94. The number of esters is 1. The molecule has 1 aromatic carbocycles. The van der Waals surface area contributed by atoms with E-state index in [0.29, 0.717) is 12.2 Å². The summed E-state index contributed by atoms with van der Waals surface area (Å²) in [5, 5.41) is 4.11. The Bertz CT molecular complexity index is 803. The Hall–Kier alpha value is -2.34. The van der Waals surface area contributed by atoms with Crippen LogP contribution in [0.2, 0.25) is 5.02 Å². The minimum atomic E-state index is -0.546. The third-order valence-corrected chi connectivity index (χ3v) is 4.30. The van der Waals surface area contributed by atoms with Crippen LogP contribution in [-0.2, 0) is 29.0 Å². The molecule has 2 heterocycles. The number of carbonyl (C=O) groups is 1. The Labute approximate surface area is 138 Å². The first-order chi connectivity index (χ1) is 11.1. The van der Waals surface area contributed by atoms with Gasteiger partial charge in [0, 0.05) is 13.1 Å². The number of hydrogen-bond acceptors (Lipinski definition) is 5. The molecule has 3 rings (SSSR count). The first-order valence-electron chi connectivity index (χ1n) is 7.24. The van der Waals surface area contributed by atoms with Gasteiger partial charge in [0.15, 0.2) is 0 Å². The van der Waals surface area contributed by atoms with Crippen molar-refractivity contribution in [1.29, 1.82) is 0 Å². The van der Waals surface area contributed by atoms with Crippen LogP contribution in [0.15, 0.2) is 35.3 Å². The lowest BCUT2D eigenvalue weighted by atomic mass is 10.00. The molecule has 1 aromatic heterocycles. The van der Waals surface area contributed by atoms with E-state index in [0.717, 1.165) is 17.6 Å². The molecule has 2 aromatic rings. The maximum absolute atomic E-state index is 12.3. The Morgan fingerprint density at radius 2 is 2.09 bits per heavy atom. The highest BCUT2D eigenvalue weighted by Crippen LogP contribution is 2.27. The molecule has 0 radical (unpaired) electrons. The van der Waals surface area contributed by atoms with Crippen molar-refractivity contribution in [3.63, 3.8) is 0 Å². The zero-order valence-electron chi connectivity index (χ0n) is 12.7. The van der Waals surface area contributed by atoms with Crippen LogP contribution < -0.4 is 10.5 Å². The lowest BCUT2D eigenvalue weighted by molar-refractivity contribution is -0.141. The zero-order valence-corrected chi connectivity index (χ0v) is 13.4. The quantitative estimate of drug-likeness (QED) is 0.799. The first-order valence-corrected chi connectivity index (χ1v) is 7.62. The summed E-state index contributed by atoms with van der Waals surface area (Å²) in [5.41, 5.74) is 2.63. The van der Waals surface area contributed by atoms with Gasteiger partial charge in [-0.3, -0.25) is 9.59 Å². The van der Waals surface area contributed by atoms with Gasteiger partial charge in [-0.2, -0.15) is 5.10 Å². The number of aromatic nitrogens is 2. The normalized spacial score (nSPS) is 13.6. The molecule has 7 heteroatoms. The van der Waals surface area contributed by atoms with Gasteiger partial charge in [0.05, 0.1) is 19.0 Å². The lowest BCUT2D eigenvalue weighted by Gasteiger charge is -2.30. The van der Waals surface area contributed by atoms with Gasteiger partial charge in [-0.1, -0.05) is 35.9 Å². The van der Waals surface area contributed by atoms with Crippen LogP contribution in [-0.4, -0.2) is 29.4 Å². The third kappa shape index (κ3) is 3.07. The Kier molecular flexibility index (Phi) is 4.34. The highest BCUT2D eigenvalue weighted by molar-refractivity contribution is 6.33. The van der Waals surface area contributed by atoms with Crippen molar-refractivity contribution in [2.45, 2.75) is 19.5 Å². The van der Waals surface area contributed by atoms with Gasteiger partial charge in [-0.25, -0.2) is 4.68 Å². The maximum atomic E-state index is 12.3. The van der Waals surface area contributed by atoms with E-state index in [4.69, 9.17) is 11.6 Å². The highest BCUT2D eigenvalue weighted by atomic mass is 35.5. The lowest BCUT2D eigenvalue weighted by Crippen LogP contribution is -2.34. The van der Waals surface area contributed by atoms with Crippen LogP contribution in [0, 0.1) is 0 Å². The summed E-state index contributed by atoms with van der Waals surface area (Å²) in [4.78, 5) is 25.6. The summed E-state index contributed by atoms with van der Waals surface area (Å²) in [7, 11) is 1.26. The third-order valence-electron chi connectivity index (χ3n) is 3.94. The maximum Gasteiger partial charge on any atom is 0.327 e. The molecule has 0 atom stereocenters. The van der Waals surface area contributed by atoms with Gasteiger partial charge < -0.3 is 9.64 Å². The van der Waals surface area contributed by atoms with E-state index in [9.17, 15) is 9.59 Å². The molecular formula is C16H16ClN3O3. The van der Waals surface area contributed by atoms with Gasteiger partial charge in [0.1, 0.15) is 11.6 Å². The highest BCUT2D eigenvalue weighted by Gasteiger charge is 2.21. The summed E-state index contributed by atoms with van der Waals surface area (Å²) in [5.74, 6) is -0.546. The molecule has 0 saturated heterocycles. The molecule has 23 heavy (non-hydrogen) atoms. The van der Waals surface area contributed by atoms with E-state index in [-0.39, 0.29) is 11.6 Å². The summed E-state index contributed by atoms with van der Waals surface area (Å²) < 4.78 is 5.55. The molecule has 0 bridgehead atoms. The average Bonchev–Trinajstić information content (AvgIpc) is 2.58. The molecule has 0 spiro atoms. The smallest absolute Gasteiger partial charge is 0.327 e. The fraction of sp³-hybridized carbons (Fsp3) is 0.312. The van der Waals surface area contributed by atoms with Crippen LogP contribution >= 0.6 is 11.6 Å². The molecule has 1 aliphatic heterocycles. The second-order valence-electron chi connectivity index (χ2n) is 5.32. The van der Waals surface area contributed by atoms with E-state index >= 15 is 0 Å². The average molecular weight is 334 g/mol. The van der Waals surface area contributed by atoms with Gasteiger partial charge >= 0.3 is 5.97 Å². The second-order valence-corrected chi connectivity index (χ2v) is 5.70. The number of benzene rings is 1. The van der Waals surface area contributed by atoms with Crippen LogP contribution in [0.5, 0.6) is 0 Å². The van der Waals surface area contributed by atoms with Crippen LogP contribution in [0.1, 0.15) is 11.1 Å². The molecular weight excluding hydrogens is 318 g/mol. The molecule has 6 nitrogen and oxygen atoms in total. The van der Waals surface area contributed by atoms with Crippen LogP contribution in [0.3, 0.4) is 0 Å². The molecule has 0 unspecified atom stereocenters. The molecule has 0 fully saturated rings. The number of rotatable bonds is 3. The topological polar surface area (TPSA) is 64.4 Å². The van der Waals surface area contributed by atoms with E-state index in [1.165, 1.54) is 24.4 Å². The predicted octanol–water partition coefficient (Wildman–Crippen LogP) is 1.63. The molecule has 0 amide bonds. The van der Waals surface area contributed by atoms with Crippen LogP contribution in [0.25, 0.3) is 0 Å². The van der Waals surface area contributed by atoms with Crippen LogP contribution in [0.4, 0.5) is 5.69 Å². The van der Waals surface area contributed by atoms with Crippen molar-refractivity contribution < 1.29 is 9.53 Å². The predicted molar refractivity (Wildman–Crippen MR) is 86.7 cm³/mol. The summed E-state index contributed by atoms with van der Waals surface area (Å²) in [6.45, 7) is 1.19. The number of methoxy groups -OCH3 is 1. The number of anilines is 1. The standard InChI is InChI=1S/C16H16ClN3O3/c1-23-14(21)10-20-16(22)15(17)13(8-18-20)19-7-6-11-4-2-3-5-12(11)9-19/h2-5,8H,6-7,9-10H2,1H3. The molecule has 0 aliphatic carbocycles. The molecule has 120 valence electrons. The van der Waals surface area contributed by atoms with E-state index < -0.39 is 11.5 Å². The van der Waals surface area contributed by atoms with E-state index in [2.05, 4.69) is 22.0 Å². The molecule has 1 aliphatic rings. The minimum absolute atomic E-state index is 0.0725. The van der Waals surface area contributed by atoms with Crippen molar-refractivity contribution in [2.24, 2.45) is 0 Å². The SMILES string of the molecule is COC(=O)Cn1ncc(N2CCc3ccccc3C2)c(Cl)c1=O. The number of fused-ring (bicyclic) bond motifs is 1. The molecule has 0 saturated carbocycles. The van der Waals surface area contributed by atoms with Gasteiger partial charge in [0.2, 0.25) is 0 Å². The molecule has 0 N–H and O–H groups in total. The van der Waals surface area contributed by atoms with Crippen molar-refractivity contribution in [2.75, 3.05) is 18.6 Å². The Balaban J connectivity index is 1.89. The minimum Gasteiger partial charge on any atom is -0.468 e. The van der Waals surface area contributed by atoms with Crippen molar-refractivity contribution >= 4 is 23.3 Å². The van der Waals surface area contributed by atoms with E-state index in [1.54, 1.807) is 0 Å². The Morgan fingerprint density at radius 3 is 2.83 bits per heavy atom. The van der Waals surface area contributed by atoms with Gasteiger partial charge in [-0.15, -0.1) is 0 Å². The summed E-state index contributed by atoms with van der Waals surface area (Å²) in [6, 6.07) is 8.20. The number of halogens is 1. The number of nitrogens with zero attached hydrogens (tertiary/aromatic N) is 3. The van der Waals surface area contributed by atoms with Gasteiger partial charge in [-0.05, 0) is 17.5 Å². The number of carbonyl (C=O) groups excluding carboxylic acids is 1. The number of ether oxygens (including phenoxy) is 1.